The summed E-state index contributed by atoms with van der Waals surface area (Å²) >= 11 is 1.06. The molecule has 1 aliphatic heterocycles. The Bertz CT molecular complexity index is 680. The Morgan fingerprint density at radius 1 is 1.04 bits per heavy atom. The fourth-order valence-corrected chi connectivity index (χ4v) is 4.33. The molecule has 2 heterocycles. The van der Waals surface area contributed by atoms with Gasteiger partial charge in [-0.15, -0.1) is 11.3 Å². The van der Waals surface area contributed by atoms with Gasteiger partial charge in [-0.2, -0.15) is 0 Å². The second-order valence-electron chi connectivity index (χ2n) is 6.56. The summed E-state index contributed by atoms with van der Waals surface area (Å²) in [5, 5.41) is 3.16. The molecule has 150 valence electrons. The highest BCUT2D eigenvalue weighted by Gasteiger charge is 2.27. The van der Waals surface area contributed by atoms with Gasteiger partial charge < -0.3 is 19.7 Å². The normalized spacial score (nSPS) is 14.6. The molecule has 0 aliphatic carbocycles. The number of nitrogens with one attached hydrogen (secondary N) is 2. The number of likely N-dealkylation sites (tertiary alicyclic amines) is 1. The van der Waals surface area contributed by atoms with Gasteiger partial charge in [-0.3, -0.25) is 4.79 Å². The van der Waals surface area contributed by atoms with Crippen molar-refractivity contribution in [3.8, 4) is 0 Å². The fraction of sp³-hybridized carbons (Fsp3) is 0.632. The number of esters is 2. The number of carbonyl (C=O) groups is 3. The van der Waals surface area contributed by atoms with Crippen LogP contribution in [0.5, 0.6) is 0 Å². The van der Waals surface area contributed by atoms with E-state index < -0.39 is 11.9 Å². The molecule has 0 atom stereocenters. The number of amides is 1. The molecule has 1 aliphatic rings. The van der Waals surface area contributed by atoms with Crippen molar-refractivity contribution in [3.63, 3.8) is 0 Å². The van der Waals surface area contributed by atoms with E-state index in [1.165, 1.54) is 24.2 Å². The summed E-state index contributed by atoms with van der Waals surface area (Å²) in [5.74, 6) is -1.20. The third-order valence-corrected chi connectivity index (χ3v) is 5.79. The summed E-state index contributed by atoms with van der Waals surface area (Å²) in [6.45, 7) is 8.54. The maximum atomic E-state index is 12.4. The maximum absolute atomic E-state index is 12.4. The number of hydrogen-bond acceptors (Lipinski definition) is 6. The third kappa shape index (κ3) is 5.77. The van der Waals surface area contributed by atoms with Crippen LogP contribution in [0.3, 0.4) is 0 Å². The number of piperidine rings is 1. The zero-order valence-electron chi connectivity index (χ0n) is 16.3. The van der Waals surface area contributed by atoms with E-state index in [0.29, 0.717) is 21.9 Å². The molecule has 0 bridgehead atoms. The summed E-state index contributed by atoms with van der Waals surface area (Å²) in [4.78, 5) is 38.7. The number of anilines is 1. The van der Waals surface area contributed by atoms with Gasteiger partial charge in [-0.25, -0.2) is 9.59 Å². The molecule has 2 N–H and O–H groups in total. The van der Waals surface area contributed by atoms with Crippen molar-refractivity contribution < 1.29 is 28.8 Å². The summed E-state index contributed by atoms with van der Waals surface area (Å²) in [6.07, 6.45) is 4.06. The second kappa shape index (κ2) is 10.4. The molecule has 8 heteroatoms. The maximum Gasteiger partial charge on any atom is 0.348 e. The van der Waals surface area contributed by atoms with Crippen LogP contribution in [0.15, 0.2) is 0 Å². The van der Waals surface area contributed by atoms with Gasteiger partial charge in [0, 0.05) is 0 Å². The minimum absolute atomic E-state index is 0.157. The highest BCUT2D eigenvalue weighted by molar-refractivity contribution is 7.18. The smallest absolute Gasteiger partial charge is 0.348 e. The first-order valence-electron chi connectivity index (χ1n) is 9.58. The number of quaternary nitrogens is 1. The van der Waals surface area contributed by atoms with E-state index >= 15 is 0 Å². The van der Waals surface area contributed by atoms with Gasteiger partial charge in [0.25, 0.3) is 0 Å². The molecule has 0 saturated carbocycles. The van der Waals surface area contributed by atoms with E-state index in [4.69, 9.17) is 9.47 Å². The topological polar surface area (TPSA) is 86.1 Å². The zero-order valence-corrected chi connectivity index (χ0v) is 17.1. The molecule has 1 aromatic heterocycles. The highest BCUT2D eigenvalue weighted by atomic mass is 32.1. The Morgan fingerprint density at radius 3 is 2.30 bits per heavy atom. The summed E-state index contributed by atoms with van der Waals surface area (Å²) in [5.41, 5.74) is 0.720. The van der Waals surface area contributed by atoms with Gasteiger partial charge in [0.2, 0.25) is 5.91 Å². The Morgan fingerprint density at radius 2 is 1.67 bits per heavy atom. The zero-order chi connectivity index (χ0) is 19.8. The molecule has 0 aromatic carbocycles. The quantitative estimate of drug-likeness (QED) is 0.654. The highest BCUT2D eigenvalue weighted by Crippen LogP contribution is 2.34. The van der Waals surface area contributed by atoms with Crippen LogP contribution in [-0.4, -0.2) is 50.7 Å². The van der Waals surface area contributed by atoms with Crippen molar-refractivity contribution in [3.05, 3.63) is 16.0 Å². The fourth-order valence-electron chi connectivity index (χ4n) is 3.22. The minimum Gasteiger partial charge on any atom is -0.462 e. The van der Waals surface area contributed by atoms with Gasteiger partial charge in [0.1, 0.15) is 9.88 Å². The van der Waals surface area contributed by atoms with Crippen LogP contribution < -0.4 is 10.2 Å². The average Bonchev–Trinajstić information content (AvgIpc) is 2.97. The molecule has 0 unspecified atom stereocenters. The van der Waals surface area contributed by atoms with Crippen molar-refractivity contribution in [2.45, 2.75) is 46.5 Å². The summed E-state index contributed by atoms with van der Waals surface area (Å²) in [7, 11) is 0. The molecule has 1 fully saturated rings. The molecule has 0 radical (unpaired) electrons. The third-order valence-electron chi connectivity index (χ3n) is 4.61. The van der Waals surface area contributed by atoms with Crippen molar-refractivity contribution in [1.29, 1.82) is 0 Å². The van der Waals surface area contributed by atoms with Crippen LogP contribution in [0.2, 0.25) is 0 Å². The van der Waals surface area contributed by atoms with Crippen molar-refractivity contribution in [1.82, 2.24) is 0 Å². The Labute approximate surface area is 164 Å². The van der Waals surface area contributed by atoms with Crippen molar-refractivity contribution in [2.75, 3.05) is 38.2 Å². The van der Waals surface area contributed by atoms with Crippen LogP contribution >= 0.6 is 11.3 Å². The van der Waals surface area contributed by atoms with Crippen LogP contribution in [0.4, 0.5) is 5.00 Å². The Kier molecular flexibility index (Phi) is 8.24. The van der Waals surface area contributed by atoms with E-state index in [-0.39, 0.29) is 24.7 Å². The predicted octanol–water partition coefficient (Wildman–Crippen LogP) is 1.81. The van der Waals surface area contributed by atoms with Gasteiger partial charge in [-0.05, 0) is 45.6 Å². The van der Waals surface area contributed by atoms with Crippen LogP contribution in [0, 0.1) is 6.92 Å². The van der Waals surface area contributed by atoms with E-state index in [9.17, 15) is 14.4 Å². The lowest BCUT2D eigenvalue weighted by atomic mass is 10.1. The molecule has 27 heavy (non-hydrogen) atoms. The lowest BCUT2D eigenvalue weighted by molar-refractivity contribution is -0.904. The van der Waals surface area contributed by atoms with Crippen molar-refractivity contribution >= 4 is 34.2 Å². The largest absolute Gasteiger partial charge is 0.462 e. The molecule has 7 nitrogen and oxygen atoms in total. The molecule has 2 rings (SSSR count). The monoisotopic (exact) mass is 397 g/mol. The summed E-state index contributed by atoms with van der Waals surface area (Å²) in [6, 6.07) is 0. The number of ether oxygens (including phenoxy) is 2. The number of rotatable bonds is 8. The van der Waals surface area contributed by atoms with E-state index in [0.717, 1.165) is 31.0 Å². The van der Waals surface area contributed by atoms with Gasteiger partial charge >= 0.3 is 11.9 Å². The SMILES string of the molecule is CCOC(=O)c1sc(NC(=O)CC[NH+]2CCCCC2)c(C(=O)OCC)c1C. The van der Waals surface area contributed by atoms with Gasteiger partial charge in [0.05, 0.1) is 44.8 Å². The first-order chi connectivity index (χ1) is 13.0. The molecule has 1 aromatic rings. The lowest BCUT2D eigenvalue weighted by Crippen LogP contribution is -3.12. The Hall–Kier alpha value is -1.93. The van der Waals surface area contributed by atoms with E-state index in [1.807, 2.05) is 0 Å². The first kappa shape index (κ1) is 21.4. The molecular weight excluding hydrogens is 368 g/mol. The van der Waals surface area contributed by atoms with Gasteiger partial charge in [-0.1, -0.05) is 0 Å². The molecule has 1 amide bonds. The number of hydrogen-bond donors (Lipinski definition) is 2. The molecular formula is C19H29N2O5S+. The van der Waals surface area contributed by atoms with Crippen LogP contribution in [-0.2, 0) is 14.3 Å². The van der Waals surface area contributed by atoms with E-state index in [1.54, 1.807) is 20.8 Å². The Balaban J connectivity index is 2.12. The predicted molar refractivity (Wildman–Crippen MR) is 104 cm³/mol. The first-order valence-corrected chi connectivity index (χ1v) is 10.4. The van der Waals surface area contributed by atoms with E-state index in [2.05, 4.69) is 5.32 Å². The van der Waals surface area contributed by atoms with Crippen molar-refractivity contribution in [2.24, 2.45) is 0 Å². The van der Waals surface area contributed by atoms with Crippen LogP contribution in [0.25, 0.3) is 0 Å². The standard InChI is InChI=1S/C19H28N2O5S/c1-4-25-18(23)15-13(3)16(19(24)26-5-2)27-17(15)20-14(22)9-12-21-10-7-6-8-11-21/h4-12H2,1-3H3,(H,20,22)/p+1. The molecule has 0 spiro atoms. The number of carbonyl (C=O) groups excluding carboxylic acids is 3. The lowest BCUT2D eigenvalue weighted by Gasteiger charge is -2.23. The number of thiophene rings is 1. The van der Waals surface area contributed by atoms with Gasteiger partial charge in [0.15, 0.2) is 0 Å². The summed E-state index contributed by atoms with van der Waals surface area (Å²) < 4.78 is 10.2. The minimum atomic E-state index is -0.543. The second-order valence-corrected chi connectivity index (χ2v) is 7.58. The molecule has 1 saturated heterocycles. The average molecular weight is 398 g/mol. The van der Waals surface area contributed by atoms with Crippen LogP contribution in [0.1, 0.15) is 65.1 Å².